The summed E-state index contributed by atoms with van der Waals surface area (Å²) in [6.45, 7) is 3.84. The third kappa shape index (κ3) is 3.88. The minimum atomic E-state index is -2.82. The summed E-state index contributed by atoms with van der Waals surface area (Å²) < 4.78 is 55.2. The van der Waals surface area contributed by atoms with Crippen LogP contribution in [0.25, 0.3) is 44.5 Å². The van der Waals surface area contributed by atoms with Crippen molar-refractivity contribution in [1.29, 1.82) is 0 Å². The lowest BCUT2D eigenvalue weighted by Crippen LogP contribution is -2.26. The molecular weight excluding hydrogens is 541 g/mol. The average Bonchev–Trinajstić information content (AvgIpc) is 3.76. The van der Waals surface area contributed by atoms with Crippen molar-refractivity contribution in [1.82, 2.24) is 28.9 Å². The molecule has 7 rings (SSSR count). The molecule has 0 saturated heterocycles. The number of nitrogens with two attached hydrogens (primary N) is 1. The predicted molar refractivity (Wildman–Crippen MR) is 154 cm³/mol. The fraction of sp³-hybridized carbons (Fsp3) is 0.400. The molecular formula is C30H32FN7O4. The average molecular weight is 577 g/mol. The van der Waals surface area contributed by atoms with Crippen LogP contribution in [-0.2, 0) is 35.2 Å². The summed E-state index contributed by atoms with van der Waals surface area (Å²) in [4.78, 5) is 33.4. The molecule has 12 heteroatoms. The first-order chi connectivity index (χ1) is 21.3. The Labute approximate surface area is 244 Å². The number of primary amides is 1. The van der Waals surface area contributed by atoms with Gasteiger partial charge in [-0.2, -0.15) is 4.39 Å². The standard InChI is InChI=1S/C30H32FN7O4/c1-5-37-13-19(26(31)35-37)24-22(15-6-9-20-16(10-15)14-41-30(20,2)3)23-25-21(12-33-27(23)34-24)36(4)29(40)38(25)17-7-8-18(11-17)42-28(32)39/h6,9-10,12-13,17-18H,5,7-8,11,14H2,1-4H3,(H2,32,39)(H,33,34)/t17-,18-/m1/s1/i4D3. The number of imidazole rings is 1. The van der Waals surface area contributed by atoms with Crippen molar-refractivity contribution in [2.24, 2.45) is 12.7 Å². The number of nitrogens with zero attached hydrogens (tertiary/aromatic N) is 5. The van der Waals surface area contributed by atoms with Crippen molar-refractivity contribution < 1.29 is 22.8 Å². The van der Waals surface area contributed by atoms with Gasteiger partial charge in [0, 0.05) is 41.9 Å². The van der Waals surface area contributed by atoms with Crippen molar-refractivity contribution in [3.8, 4) is 22.4 Å². The molecule has 42 heavy (non-hydrogen) atoms. The number of H-pyrrole nitrogens is 1. The number of aromatic nitrogens is 6. The molecule has 5 heterocycles. The number of ether oxygens (including phenoxy) is 2. The molecule has 0 bridgehead atoms. The SMILES string of the molecule is [2H]C([2H])([2H])n1c(=O)n([C@@H]2CC[C@@H](OC(N)=O)C2)c2c3c(-c4ccc5c(c4)COC5(C)C)c(-c4cn(CC)nc4F)[nH]c3ncc21. The third-order valence-electron chi connectivity index (χ3n) is 8.60. The zero-order valence-corrected chi connectivity index (χ0v) is 23.4. The monoisotopic (exact) mass is 576 g/mol. The molecule has 0 spiro atoms. The van der Waals surface area contributed by atoms with E-state index in [0.717, 1.165) is 15.7 Å². The van der Waals surface area contributed by atoms with Gasteiger partial charge in [0.2, 0.25) is 5.95 Å². The van der Waals surface area contributed by atoms with Crippen LogP contribution in [0.5, 0.6) is 0 Å². The molecule has 1 aliphatic carbocycles. The van der Waals surface area contributed by atoms with Gasteiger partial charge in [-0.05, 0) is 56.4 Å². The summed E-state index contributed by atoms with van der Waals surface area (Å²) in [6.07, 6.45) is 2.66. The minimum absolute atomic E-state index is 0.105. The maximum Gasteiger partial charge on any atom is 0.404 e. The lowest BCUT2D eigenvalue weighted by atomic mass is 9.91. The number of amides is 1. The van der Waals surface area contributed by atoms with Crippen LogP contribution in [0, 0.1) is 5.95 Å². The number of hydrogen-bond donors (Lipinski definition) is 2. The number of benzene rings is 1. The molecule has 11 nitrogen and oxygen atoms in total. The quantitative estimate of drug-likeness (QED) is 0.307. The van der Waals surface area contributed by atoms with Gasteiger partial charge in [0.1, 0.15) is 11.8 Å². The van der Waals surface area contributed by atoms with Gasteiger partial charge in [0.05, 0.1) is 46.1 Å². The highest BCUT2D eigenvalue weighted by atomic mass is 19.1. The second-order valence-corrected chi connectivity index (χ2v) is 11.5. The Morgan fingerprint density at radius 2 is 2.19 bits per heavy atom. The smallest absolute Gasteiger partial charge is 0.404 e. The van der Waals surface area contributed by atoms with Crippen LogP contribution in [0.1, 0.15) is 61.3 Å². The normalized spacial score (nSPS) is 21.0. The van der Waals surface area contributed by atoms with Gasteiger partial charge in [0.25, 0.3) is 0 Å². The molecule has 5 aromatic rings. The molecule has 218 valence electrons. The van der Waals surface area contributed by atoms with Crippen molar-refractivity contribution in [2.45, 2.75) is 70.9 Å². The van der Waals surface area contributed by atoms with Crippen LogP contribution < -0.4 is 11.4 Å². The highest BCUT2D eigenvalue weighted by Gasteiger charge is 2.34. The molecule has 2 atom stereocenters. The molecule has 3 N–H and O–H groups in total. The highest BCUT2D eigenvalue weighted by molar-refractivity contribution is 6.14. The van der Waals surface area contributed by atoms with Crippen LogP contribution >= 0.6 is 0 Å². The molecule has 2 aliphatic rings. The van der Waals surface area contributed by atoms with Gasteiger partial charge >= 0.3 is 11.8 Å². The second kappa shape index (κ2) is 9.28. The zero-order valence-electron chi connectivity index (χ0n) is 26.4. The van der Waals surface area contributed by atoms with E-state index in [4.69, 9.17) is 19.3 Å². The van der Waals surface area contributed by atoms with Crippen molar-refractivity contribution in [3.05, 3.63) is 58.2 Å². The number of aryl methyl sites for hydroxylation is 2. The topological polar surface area (TPSA) is 135 Å². The Balaban J connectivity index is 1.58. The molecule has 1 aliphatic heterocycles. The maximum absolute atomic E-state index is 15.5. The number of aromatic amines is 1. The Morgan fingerprint density at radius 1 is 1.36 bits per heavy atom. The number of nitrogens with one attached hydrogen (secondary N) is 1. The van der Waals surface area contributed by atoms with Gasteiger partial charge in [-0.15, -0.1) is 5.10 Å². The molecule has 4 aromatic heterocycles. The van der Waals surface area contributed by atoms with Crippen LogP contribution in [-0.4, -0.2) is 41.1 Å². The first-order valence-electron chi connectivity index (χ1n) is 15.4. The summed E-state index contributed by atoms with van der Waals surface area (Å²) in [5.74, 6) is -0.689. The van der Waals surface area contributed by atoms with Crippen molar-refractivity contribution >= 4 is 28.2 Å². The van der Waals surface area contributed by atoms with E-state index in [0.29, 0.717) is 59.4 Å². The molecule has 1 fully saturated rings. The van der Waals surface area contributed by atoms with Crippen molar-refractivity contribution in [3.63, 3.8) is 0 Å². The zero-order chi connectivity index (χ0) is 32.0. The maximum atomic E-state index is 15.5. The van der Waals surface area contributed by atoms with Crippen LogP contribution in [0.2, 0.25) is 0 Å². The first-order valence-corrected chi connectivity index (χ1v) is 13.9. The van der Waals surface area contributed by atoms with Gasteiger partial charge < -0.3 is 20.2 Å². The minimum Gasteiger partial charge on any atom is -0.446 e. The second-order valence-electron chi connectivity index (χ2n) is 11.5. The molecule has 0 unspecified atom stereocenters. The van der Waals surface area contributed by atoms with E-state index < -0.39 is 42.5 Å². The Kier molecular flexibility index (Phi) is 5.12. The van der Waals surface area contributed by atoms with E-state index >= 15 is 4.39 Å². The van der Waals surface area contributed by atoms with E-state index in [-0.39, 0.29) is 17.5 Å². The fourth-order valence-electron chi connectivity index (χ4n) is 6.62. The van der Waals surface area contributed by atoms with Crippen LogP contribution in [0.15, 0.2) is 35.4 Å². The lowest BCUT2D eigenvalue weighted by Gasteiger charge is -2.18. The Bertz CT molecular complexity index is 2070. The highest BCUT2D eigenvalue weighted by Crippen LogP contribution is 2.45. The van der Waals surface area contributed by atoms with Crippen molar-refractivity contribution in [2.75, 3.05) is 0 Å². The van der Waals surface area contributed by atoms with E-state index in [1.54, 1.807) is 6.20 Å². The Morgan fingerprint density at radius 3 is 2.93 bits per heavy atom. The third-order valence-corrected chi connectivity index (χ3v) is 8.60. The van der Waals surface area contributed by atoms with Gasteiger partial charge in [0.15, 0.2) is 0 Å². The van der Waals surface area contributed by atoms with Gasteiger partial charge in [-0.3, -0.25) is 13.8 Å². The number of carbonyl (C=O) groups is 1. The largest absolute Gasteiger partial charge is 0.446 e. The molecule has 1 aromatic carbocycles. The predicted octanol–water partition coefficient (Wildman–Crippen LogP) is 4.86. The van der Waals surface area contributed by atoms with Gasteiger partial charge in [-0.25, -0.2) is 14.6 Å². The van der Waals surface area contributed by atoms with E-state index in [2.05, 4.69) is 15.1 Å². The summed E-state index contributed by atoms with van der Waals surface area (Å²) in [7, 11) is 0. The van der Waals surface area contributed by atoms with Crippen LogP contribution in [0.3, 0.4) is 0 Å². The van der Waals surface area contributed by atoms with Crippen LogP contribution in [0.4, 0.5) is 9.18 Å². The van der Waals surface area contributed by atoms with E-state index in [1.165, 1.54) is 15.4 Å². The van der Waals surface area contributed by atoms with E-state index in [9.17, 15) is 9.59 Å². The number of rotatable bonds is 5. The first kappa shape index (κ1) is 23.1. The fourth-order valence-corrected chi connectivity index (χ4v) is 6.62. The number of halogens is 1. The molecule has 1 saturated carbocycles. The van der Waals surface area contributed by atoms with Gasteiger partial charge in [-0.1, -0.05) is 12.1 Å². The molecule has 0 radical (unpaired) electrons. The summed E-state index contributed by atoms with van der Waals surface area (Å²) in [6, 6.07) is 5.37. The number of carbonyl (C=O) groups excluding carboxylic acids is 1. The molecule has 1 amide bonds. The Hall–Kier alpha value is -4.45. The van der Waals surface area contributed by atoms with E-state index in [1.807, 2.05) is 39.0 Å². The lowest BCUT2D eigenvalue weighted by molar-refractivity contribution is -0.00789. The summed E-state index contributed by atoms with van der Waals surface area (Å²) in [5, 5.41) is 4.48. The summed E-state index contributed by atoms with van der Waals surface area (Å²) >= 11 is 0. The summed E-state index contributed by atoms with van der Waals surface area (Å²) in [5.41, 5.74) is 8.66. The number of fused-ring (bicyclic) bond motifs is 4. The number of hydrogen-bond acceptors (Lipinski definition) is 6. The number of pyridine rings is 1.